The van der Waals surface area contributed by atoms with Gasteiger partial charge >= 0.3 is 0 Å². The number of allylic oxidation sites excluding steroid dienone is 13. The fourth-order valence-corrected chi connectivity index (χ4v) is 17.1. The molecule has 12 rings (SSSR count). The molecule has 12 unspecified atom stereocenters. The lowest BCUT2D eigenvalue weighted by atomic mass is 9.70. The van der Waals surface area contributed by atoms with Crippen molar-refractivity contribution >= 4 is 35.3 Å². The average molecular weight is 993 g/mol. The van der Waals surface area contributed by atoms with Crippen molar-refractivity contribution in [2.24, 2.45) is 51.8 Å². The van der Waals surface area contributed by atoms with Crippen molar-refractivity contribution in [3.8, 4) is 6.07 Å². The molecule has 0 bridgehead atoms. The zero-order valence-electron chi connectivity index (χ0n) is 46.4. The second-order valence-electron chi connectivity index (χ2n) is 28.4. The number of nitrogens with zero attached hydrogens (tertiary/aromatic N) is 4. The van der Waals surface area contributed by atoms with Gasteiger partial charge in [-0.3, -0.25) is 5.32 Å². The third-order valence-corrected chi connectivity index (χ3v) is 21.5. The lowest BCUT2D eigenvalue weighted by Gasteiger charge is -2.59. The summed E-state index contributed by atoms with van der Waals surface area (Å²) in [5.74, 6) is 3.88. The summed E-state index contributed by atoms with van der Waals surface area (Å²) >= 11 is 2.21. The minimum atomic E-state index is -0.000271. The number of rotatable bonds is 5. The van der Waals surface area contributed by atoms with Crippen LogP contribution in [-0.4, -0.2) is 39.1 Å². The van der Waals surface area contributed by atoms with Gasteiger partial charge in [-0.15, -0.1) is 11.8 Å². The molecule has 1 saturated carbocycles. The molecule has 6 heteroatoms. The first kappa shape index (κ1) is 49.4. The molecular weight excluding hydrogens is 907 g/mol. The molecule has 3 aliphatic heterocycles. The van der Waals surface area contributed by atoms with Crippen LogP contribution in [0.1, 0.15) is 174 Å². The standard InChI is InChI=1S/C67H85N5S/c1-64(2,3)42-23-28-54-49(34-42)50-35-43(65(4,5)6)24-29-55(50)71(54)58-38-59(72-56-30-25-44(66(7,8)9)36-51(56)52-37-45(67(10,11)12)26-31-57(52)72)53(32-41(58)39-68)63-69-62(70(63)46-18-14-13-15-19-46)40-22-27-48-47-20-16-17-21-60(47)73-61(48)33-40/h13-14,16-18,21,23-26,28-32,36,40,42-43,45,47-48,52,57,59,61-63,69H,15,19-20,22,27,33-35,37-38H2,1-12H3. The smallest absolute Gasteiger partial charge is 0.107 e. The van der Waals surface area contributed by atoms with Gasteiger partial charge in [-0.2, -0.15) is 5.26 Å². The summed E-state index contributed by atoms with van der Waals surface area (Å²) in [4.78, 5) is 7.36. The van der Waals surface area contributed by atoms with E-state index in [1.54, 1.807) is 4.91 Å². The Hall–Kier alpha value is -4.44. The Morgan fingerprint density at radius 3 is 2.07 bits per heavy atom. The van der Waals surface area contributed by atoms with Crippen molar-refractivity contribution in [3.05, 3.63) is 140 Å². The molecule has 3 fully saturated rings. The van der Waals surface area contributed by atoms with Gasteiger partial charge in [-0.05, 0) is 178 Å². The first-order valence-corrected chi connectivity index (χ1v) is 29.6. The van der Waals surface area contributed by atoms with Crippen molar-refractivity contribution in [1.29, 1.82) is 5.26 Å². The van der Waals surface area contributed by atoms with Gasteiger partial charge in [-0.25, -0.2) is 0 Å². The van der Waals surface area contributed by atoms with Gasteiger partial charge in [0, 0.05) is 46.1 Å². The van der Waals surface area contributed by atoms with Gasteiger partial charge in [0.2, 0.25) is 0 Å². The number of thioether (sulfide) groups is 1. The molecule has 4 heterocycles. The highest BCUT2D eigenvalue weighted by atomic mass is 32.2. The Kier molecular flexibility index (Phi) is 12.1. The second-order valence-corrected chi connectivity index (χ2v) is 29.7. The van der Waals surface area contributed by atoms with E-state index >= 15 is 0 Å². The third-order valence-electron chi connectivity index (χ3n) is 19.9. The molecule has 2 saturated heterocycles. The lowest BCUT2D eigenvalue weighted by molar-refractivity contribution is -0.0307. The van der Waals surface area contributed by atoms with E-state index in [9.17, 15) is 5.26 Å². The number of nitriles is 1. The molecule has 384 valence electrons. The first-order chi connectivity index (χ1) is 34.7. The van der Waals surface area contributed by atoms with Crippen LogP contribution >= 0.6 is 11.8 Å². The Morgan fingerprint density at radius 1 is 0.726 bits per heavy atom. The number of anilines is 1. The number of benzene rings is 1. The van der Waals surface area contributed by atoms with Crippen LogP contribution in [0.3, 0.4) is 0 Å². The summed E-state index contributed by atoms with van der Waals surface area (Å²) in [6.45, 7) is 28.8. The Labute approximate surface area is 444 Å². The fraction of sp³-hybridized carbons (Fsp3) is 0.567. The van der Waals surface area contributed by atoms with Gasteiger partial charge in [0.1, 0.15) is 12.2 Å². The molecule has 10 aliphatic rings. The summed E-state index contributed by atoms with van der Waals surface area (Å²) in [6, 6.07) is 10.7. The molecule has 0 amide bonds. The summed E-state index contributed by atoms with van der Waals surface area (Å²) in [7, 11) is 0. The molecule has 1 N–H and O–H groups in total. The normalized spacial score (nSPS) is 33.5. The number of hydrogen-bond acceptors (Lipinski definition) is 5. The average Bonchev–Trinajstić information content (AvgIpc) is 3.99. The van der Waals surface area contributed by atoms with E-state index in [4.69, 9.17) is 0 Å². The highest BCUT2D eigenvalue weighted by Gasteiger charge is 2.54. The first-order valence-electron chi connectivity index (χ1n) is 28.7. The molecule has 2 aromatic rings. The number of fused-ring (bicyclic) bond motifs is 9. The van der Waals surface area contributed by atoms with Crippen molar-refractivity contribution in [3.63, 3.8) is 0 Å². The van der Waals surface area contributed by atoms with Crippen LogP contribution in [0.4, 0.5) is 5.69 Å². The van der Waals surface area contributed by atoms with Crippen LogP contribution in [0.25, 0.3) is 17.8 Å². The van der Waals surface area contributed by atoms with Crippen molar-refractivity contribution in [1.82, 2.24) is 14.8 Å². The van der Waals surface area contributed by atoms with Gasteiger partial charge < -0.3 is 14.4 Å². The minimum absolute atomic E-state index is 0.000271. The molecule has 0 radical (unpaired) electrons. The number of aromatic nitrogens is 1. The van der Waals surface area contributed by atoms with Crippen molar-refractivity contribution in [2.45, 2.75) is 188 Å². The quantitative estimate of drug-likeness (QED) is 0.303. The summed E-state index contributed by atoms with van der Waals surface area (Å²) in [5, 5.41) is 16.8. The molecular formula is C67H85N5S. The Balaban J connectivity index is 1.02. The molecule has 1 aromatic carbocycles. The van der Waals surface area contributed by atoms with Crippen LogP contribution in [0, 0.1) is 63.1 Å². The molecule has 12 atom stereocenters. The van der Waals surface area contributed by atoms with E-state index in [-0.39, 0.29) is 46.1 Å². The van der Waals surface area contributed by atoms with E-state index in [1.807, 2.05) is 0 Å². The van der Waals surface area contributed by atoms with Gasteiger partial charge in [0.05, 0.1) is 23.8 Å². The monoisotopic (exact) mass is 992 g/mol. The SMILES string of the molecule is CC(C)(C)c1ccc2c(c1)C1CC(C(C)(C)C)C=CC1N2C1CC(n2c3c(c4c2C=CC(C(C)(C)C)C4)CC(C(C)(C)C)C=C3)=C(C#N)C=C1C1NC(C2CCC3C(C2)SC2=CC=CCC23)N1C1=CC=CCC1. The van der Waals surface area contributed by atoms with E-state index < -0.39 is 0 Å². The van der Waals surface area contributed by atoms with Crippen molar-refractivity contribution in [2.75, 3.05) is 4.90 Å². The zero-order valence-corrected chi connectivity index (χ0v) is 47.3. The summed E-state index contributed by atoms with van der Waals surface area (Å²) < 4.78 is 2.60. The highest BCUT2D eigenvalue weighted by Crippen LogP contribution is 2.59. The third kappa shape index (κ3) is 8.43. The Morgan fingerprint density at radius 2 is 1.42 bits per heavy atom. The van der Waals surface area contributed by atoms with Crippen LogP contribution in [0.15, 0.2) is 107 Å². The molecule has 7 aliphatic carbocycles. The predicted molar refractivity (Wildman–Crippen MR) is 309 cm³/mol. The molecule has 1 aromatic heterocycles. The predicted octanol–water partition coefficient (Wildman–Crippen LogP) is 16.1. The second kappa shape index (κ2) is 17.8. The maximum atomic E-state index is 11.7. The van der Waals surface area contributed by atoms with Gasteiger partial charge in [-0.1, -0.05) is 150 Å². The van der Waals surface area contributed by atoms with Crippen molar-refractivity contribution < 1.29 is 0 Å². The number of nitrogens with one attached hydrogen (secondary N) is 1. The van der Waals surface area contributed by atoms with Crippen LogP contribution in [0.2, 0.25) is 0 Å². The molecule has 73 heavy (non-hydrogen) atoms. The summed E-state index contributed by atoms with van der Waals surface area (Å²) in [5.41, 5.74) is 15.3. The van der Waals surface area contributed by atoms with Gasteiger partial charge in [0.15, 0.2) is 0 Å². The minimum Gasteiger partial charge on any atom is -0.357 e. The lowest BCUT2D eigenvalue weighted by Crippen LogP contribution is -2.73. The van der Waals surface area contributed by atoms with Crippen LogP contribution in [-0.2, 0) is 18.3 Å². The highest BCUT2D eigenvalue weighted by molar-refractivity contribution is 8.04. The zero-order chi connectivity index (χ0) is 51.1. The van der Waals surface area contributed by atoms with Crippen LogP contribution in [0.5, 0.6) is 0 Å². The Bertz CT molecular complexity index is 2850. The molecule has 0 spiro atoms. The van der Waals surface area contributed by atoms with E-state index in [1.165, 1.54) is 82.0 Å². The maximum Gasteiger partial charge on any atom is 0.107 e. The van der Waals surface area contributed by atoms with E-state index in [0.717, 1.165) is 55.9 Å². The topological polar surface area (TPSA) is 47.2 Å². The fourth-order valence-electron chi connectivity index (χ4n) is 15.3. The van der Waals surface area contributed by atoms with Gasteiger partial charge in [0.25, 0.3) is 0 Å². The van der Waals surface area contributed by atoms with Crippen LogP contribution < -0.4 is 10.2 Å². The number of hydrogen-bond donors (Lipinski definition) is 1. The van der Waals surface area contributed by atoms with E-state index in [2.05, 4.69) is 218 Å². The van der Waals surface area contributed by atoms with E-state index in [0.29, 0.717) is 34.8 Å². The largest absolute Gasteiger partial charge is 0.357 e. The maximum absolute atomic E-state index is 11.7. The molecule has 5 nitrogen and oxygen atoms in total. The summed E-state index contributed by atoms with van der Waals surface area (Å²) in [6.07, 6.45) is 43.2.